The number of aromatic nitrogens is 4. The van der Waals surface area contributed by atoms with E-state index in [1.807, 2.05) is 0 Å². The lowest BCUT2D eigenvalue weighted by atomic mass is 9.91. The molecule has 2 heterocycles. The zero-order chi connectivity index (χ0) is 16.0. The highest BCUT2D eigenvalue weighted by molar-refractivity contribution is 6.03. The molecule has 8 nitrogen and oxygen atoms in total. The summed E-state index contributed by atoms with van der Waals surface area (Å²) in [5.41, 5.74) is 2.54. The SMILES string of the molecule is O=C1CCCc2nc3ncnn3c(-c3ccc([N+](=O)[O-])cc3)c21. The van der Waals surface area contributed by atoms with E-state index in [-0.39, 0.29) is 11.5 Å². The minimum Gasteiger partial charge on any atom is -0.294 e. The molecule has 1 aliphatic rings. The van der Waals surface area contributed by atoms with Crippen molar-refractivity contribution < 1.29 is 9.72 Å². The Morgan fingerprint density at radius 1 is 1.17 bits per heavy atom. The molecular formula is C15H11N5O3. The number of nitro benzene ring substituents is 1. The number of non-ortho nitro benzene ring substituents is 1. The van der Waals surface area contributed by atoms with E-state index in [9.17, 15) is 14.9 Å². The third-order valence-electron chi connectivity index (χ3n) is 3.95. The zero-order valence-electron chi connectivity index (χ0n) is 12.0. The van der Waals surface area contributed by atoms with Crippen LogP contribution >= 0.6 is 0 Å². The van der Waals surface area contributed by atoms with Crippen molar-refractivity contribution in [3.05, 3.63) is 52.0 Å². The lowest BCUT2D eigenvalue weighted by Crippen LogP contribution is -2.17. The van der Waals surface area contributed by atoms with Crippen LogP contribution in [-0.2, 0) is 6.42 Å². The Balaban J connectivity index is 2.01. The van der Waals surface area contributed by atoms with Crippen molar-refractivity contribution in [3.8, 4) is 11.3 Å². The van der Waals surface area contributed by atoms with Crippen LogP contribution in [0.25, 0.3) is 17.0 Å². The smallest absolute Gasteiger partial charge is 0.269 e. The van der Waals surface area contributed by atoms with Crippen LogP contribution in [0.1, 0.15) is 28.9 Å². The highest BCUT2D eigenvalue weighted by Gasteiger charge is 2.26. The number of nitro groups is 1. The maximum absolute atomic E-state index is 12.4. The molecule has 23 heavy (non-hydrogen) atoms. The molecule has 1 aromatic carbocycles. The van der Waals surface area contributed by atoms with Crippen LogP contribution in [0.3, 0.4) is 0 Å². The molecule has 114 valence electrons. The Morgan fingerprint density at radius 3 is 2.70 bits per heavy atom. The molecule has 8 heteroatoms. The fourth-order valence-electron chi connectivity index (χ4n) is 2.91. The van der Waals surface area contributed by atoms with Crippen LogP contribution in [0.5, 0.6) is 0 Å². The van der Waals surface area contributed by atoms with Gasteiger partial charge in [0.05, 0.1) is 21.9 Å². The van der Waals surface area contributed by atoms with E-state index in [0.29, 0.717) is 35.4 Å². The second kappa shape index (κ2) is 4.94. The van der Waals surface area contributed by atoms with Crippen LogP contribution in [0.4, 0.5) is 5.69 Å². The Bertz CT molecular complexity index is 946. The van der Waals surface area contributed by atoms with Crippen molar-refractivity contribution in [2.75, 3.05) is 0 Å². The van der Waals surface area contributed by atoms with Crippen molar-refractivity contribution in [1.29, 1.82) is 0 Å². The van der Waals surface area contributed by atoms with Crippen LogP contribution in [0.15, 0.2) is 30.6 Å². The zero-order valence-corrected chi connectivity index (χ0v) is 12.0. The number of benzene rings is 1. The van der Waals surface area contributed by atoms with E-state index in [4.69, 9.17) is 0 Å². The molecule has 0 N–H and O–H groups in total. The number of rotatable bonds is 2. The predicted molar refractivity (Wildman–Crippen MR) is 80.1 cm³/mol. The molecule has 0 fully saturated rings. The number of Topliss-reactive ketones (excluding diaryl/α,β-unsaturated/α-hetero) is 1. The normalized spacial score (nSPS) is 14.0. The van der Waals surface area contributed by atoms with Gasteiger partial charge >= 0.3 is 0 Å². The van der Waals surface area contributed by atoms with Crippen molar-refractivity contribution >= 4 is 17.2 Å². The summed E-state index contributed by atoms with van der Waals surface area (Å²) in [4.78, 5) is 31.3. The third kappa shape index (κ3) is 2.07. The van der Waals surface area contributed by atoms with Crippen LogP contribution in [0, 0.1) is 10.1 Å². The number of fused-ring (bicyclic) bond motifs is 2. The molecule has 0 spiro atoms. The summed E-state index contributed by atoms with van der Waals surface area (Å²) in [5, 5.41) is 15.0. The third-order valence-corrected chi connectivity index (χ3v) is 3.95. The highest BCUT2D eigenvalue weighted by atomic mass is 16.6. The fourth-order valence-corrected chi connectivity index (χ4v) is 2.91. The van der Waals surface area contributed by atoms with Crippen molar-refractivity contribution in [2.24, 2.45) is 0 Å². The van der Waals surface area contributed by atoms with E-state index in [1.165, 1.54) is 23.0 Å². The number of carbonyl (C=O) groups excluding carboxylic acids is 1. The first-order chi connectivity index (χ1) is 11.1. The molecule has 0 bridgehead atoms. The van der Waals surface area contributed by atoms with Crippen molar-refractivity contribution in [1.82, 2.24) is 19.6 Å². The Morgan fingerprint density at radius 2 is 1.96 bits per heavy atom. The molecule has 4 rings (SSSR count). The van der Waals surface area contributed by atoms with Gasteiger partial charge < -0.3 is 0 Å². The summed E-state index contributed by atoms with van der Waals surface area (Å²) in [7, 11) is 0. The lowest BCUT2D eigenvalue weighted by Gasteiger charge is -2.18. The number of nitrogens with zero attached hydrogens (tertiary/aromatic N) is 5. The minimum atomic E-state index is -0.456. The summed E-state index contributed by atoms with van der Waals surface area (Å²) in [5.74, 6) is 0.441. The van der Waals surface area contributed by atoms with Gasteiger partial charge in [0.25, 0.3) is 11.5 Å². The minimum absolute atomic E-state index is 0.00201. The van der Waals surface area contributed by atoms with E-state index < -0.39 is 4.92 Å². The Labute approximate surface area is 130 Å². The molecule has 3 aromatic rings. The van der Waals surface area contributed by atoms with Gasteiger partial charge in [-0.2, -0.15) is 14.6 Å². The van der Waals surface area contributed by atoms with Gasteiger partial charge in [0, 0.05) is 24.1 Å². The second-order valence-electron chi connectivity index (χ2n) is 5.33. The molecule has 0 saturated carbocycles. The van der Waals surface area contributed by atoms with Gasteiger partial charge in [0.2, 0.25) is 0 Å². The van der Waals surface area contributed by atoms with Gasteiger partial charge in [-0.3, -0.25) is 14.9 Å². The second-order valence-corrected chi connectivity index (χ2v) is 5.33. The van der Waals surface area contributed by atoms with Crippen molar-refractivity contribution in [2.45, 2.75) is 19.3 Å². The number of carbonyl (C=O) groups is 1. The highest BCUT2D eigenvalue weighted by Crippen LogP contribution is 2.31. The van der Waals surface area contributed by atoms with Gasteiger partial charge in [-0.15, -0.1) is 0 Å². The van der Waals surface area contributed by atoms with E-state index in [0.717, 1.165) is 12.1 Å². The van der Waals surface area contributed by atoms with Gasteiger partial charge in [0.15, 0.2) is 5.78 Å². The maximum atomic E-state index is 12.4. The number of aryl methyl sites for hydroxylation is 1. The first-order valence-electron chi connectivity index (χ1n) is 7.16. The molecule has 2 aromatic heterocycles. The average molecular weight is 309 g/mol. The Kier molecular flexibility index (Phi) is 2.90. The lowest BCUT2D eigenvalue weighted by molar-refractivity contribution is -0.384. The Hall–Kier alpha value is -3.16. The maximum Gasteiger partial charge on any atom is 0.269 e. The summed E-state index contributed by atoms with van der Waals surface area (Å²) in [6.45, 7) is 0. The average Bonchev–Trinajstić information content (AvgIpc) is 3.01. The molecule has 0 amide bonds. The summed E-state index contributed by atoms with van der Waals surface area (Å²) < 4.78 is 1.52. The molecular weight excluding hydrogens is 298 g/mol. The molecule has 0 aliphatic heterocycles. The summed E-state index contributed by atoms with van der Waals surface area (Å²) in [6, 6.07) is 6.07. The summed E-state index contributed by atoms with van der Waals surface area (Å²) in [6.07, 6.45) is 3.33. The number of hydrogen-bond acceptors (Lipinski definition) is 6. The van der Waals surface area contributed by atoms with E-state index in [1.54, 1.807) is 12.1 Å². The summed E-state index contributed by atoms with van der Waals surface area (Å²) >= 11 is 0. The van der Waals surface area contributed by atoms with Gasteiger partial charge in [-0.05, 0) is 25.0 Å². The quantitative estimate of drug-likeness (QED) is 0.531. The fraction of sp³-hybridized carbons (Fsp3) is 0.200. The van der Waals surface area contributed by atoms with Crippen LogP contribution in [-0.4, -0.2) is 30.3 Å². The van der Waals surface area contributed by atoms with Crippen molar-refractivity contribution in [3.63, 3.8) is 0 Å². The van der Waals surface area contributed by atoms with Crippen LogP contribution in [0.2, 0.25) is 0 Å². The van der Waals surface area contributed by atoms with Gasteiger partial charge in [-0.25, -0.2) is 4.98 Å². The first-order valence-corrected chi connectivity index (χ1v) is 7.16. The van der Waals surface area contributed by atoms with Crippen LogP contribution < -0.4 is 0 Å². The molecule has 0 radical (unpaired) electrons. The molecule has 0 saturated heterocycles. The first kappa shape index (κ1) is 13.5. The van der Waals surface area contributed by atoms with E-state index >= 15 is 0 Å². The molecule has 0 unspecified atom stereocenters. The number of hydrogen-bond donors (Lipinski definition) is 0. The predicted octanol–water partition coefficient (Wildman–Crippen LogP) is 2.22. The topological polar surface area (TPSA) is 103 Å². The molecule has 0 atom stereocenters. The standard InChI is InChI=1S/C15H11N5O3/c21-12-3-1-2-11-13(12)14(19-15(18-11)16-8-17-19)9-4-6-10(7-5-9)20(22)23/h4-8H,1-3H2. The van der Waals surface area contributed by atoms with Gasteiger partial charge in [0.1, 0.15) is 6.33 Å². The molecule has 1 aliphatic carbocycles. The monoisotopic (exact) mass is 309 g/mol. The van der Waals surface area contributed by atoms with Gasteiger partial charge in [-0.1, -0.05) is 0 Å². The number of ketones is 1. The largest absolute Gasteiger partial charge is 0.294 e. The van der Waals surface area contributed by atoms with E-state index in [2.05, 4.69) is 15.1 Å².